The molecule has 1 atom stereocenters. The molecule has 94 valence electrons. The molecule has 1 aliphatic heterocycles. The Morgan fingerprint density at radius 2 is 2.06 bits per heavy atom. The molecular weight excluding hydrogens is 275 g/mol. The minimum Gasteiger partial charge on any atom is -0.293 e. The fraction of sp³-hybridized carbons (Fsp3) is 0.250. The summed E-state index contributed by atoms with van der Waals surface area (Å²) in [5.41, 5.74) is 0.753. The van der Waals surface area contributed by atoms with E-state index in [1.54, 1.807) is 13.0 Å². The largest absolute Gasteiger partial charge is 0.293 e. The van der Waals surface area contributed by atoms with Crippen LogP contribution in [-0.4, -0.2) is 29.5 Å². The molecule has 0 saturated carbocycles. The number of rotatable bonds is 2. The zero-order valence-electron chi connectivity index (χ0n) is 9.78. The van der Waals surface area contributed by atoms with Gasteiger partial charge in [-0.1, -0.05) is 23.2 Å². The van der Waals surface area contributed by atoms with Gasteiger partial charge in [0, 0.05) is 17.6 Å². The van der Waals surface area contributed by atoms with Crippen LogP contribution >= 0.6 is 23.2 Å². The zero-order valence-corrected chi connectivity index (χ0v) is 11.3. The highest BCUT2D eigenvalue weighted by Crippen LogP contribution is 2.26. The third-order valence-electron chi connectivity index (χ3n) is 2.75. The molecule has 1 amide bonds. The summed E-state index contributed by atoms with van der Waals surface area (Å²) < 4.78 is 0. The summed E-state index contributed by atoms with van der Waals surface area (Å²) in [7, 11) is 1.52. The van der Waals surface area contributed by atoms with Gasteiger partial charge >= 0.3 is 0 Å². The van der Waals surface area contributed by atoms with E-state index in [1.165, 1.54) is 24.2 Å². The normalized spacial score (nSPS) is 19.1. The molecular formula is C12H10Cl2N2O2. The van der Waals surface area contributed by atoms with E-state index in [1.807, 2.05) is 0 Å². The first kappa shape index (κ1) is 13.1. The van der Waals surface area contributed by atoms with Crippen molar-refractivity contribution >= 4 is 40.6 Å². The first-order valence-electron chi connectivity index (χ1n) is 5.23. The molecule has 1 unspecified atom stereocenters. The summed E-state index contributed by atoms with van der Waals surface area (Å²) in [5.74, 6) is -1.58. The number of benzene rings is 1. The number of Topliss-reactive ketones (excluding diaryl/α,β-unsaturated/α-hetero) is 1. The maximum Gasteiger partial charge on any atom is 0.259 e. The van der Waals surface area contributed by atoms with E-state index in [4.69, 9.17) is 23.2 Å². The van der Waals surface area contributed by atoms with Crippen LogP contribution in [0.5, 0.6) is 0 Å². The van der Waals surface area contributed by atoms with Crippen LogP contribution in [0.3, 0.4) is 0 Å². The molecule has 0 aromatic heterocycles. The number of ketones is 1. The lowest BCUT2D eigenvalue weighted by Crippen LogP contribution is -2.31. The predicted molar refractivity (Wildman–Crippen MR) is 70.2 cm³/mol. The van der Waals surface area contributed by atoms with Gasteiger partial charge in [-0.05, 0) is 25.1 Å². The van der Waals surface area contributed by atoms with E-state index in [9.17, 15) is 9.59 Å². The quantitative estimate of drug-likeness (QED) is 0.619. The Hall–Kier alpha value is -1.39. The summed E-state index contributed by atoms with van der Waals surface area (Å²) >= 11 is 11.7. The fourth-order valence-corrected chi connectivity index (χ4v) is 2.36. The molecule has 4 nitrogen and oxygen atoms in total. The second-order valence-corrected chi connectivity index (χ2v) is 4.87. The lowest BCUT2D eigenvalue weighted by atomic mass is 9.94. The molecule has 0 saturated heterocycles. The molecule has 1 aromatic rings. The lowest BCUT2D eigenvalue weighted by molar-refractivity contribution is -0.129. The van der Waals surface area contributed by atoms with Crippen LogP contribution in [-0.2, 0) is 4.79 Å². The minimum absolute atomic E-state index is 0.239. The molecule has 1 aliphatic rings. The number of carbonyl (C=O) groups excluding carboxylic acids is 2. The summed E-state index contributed by atoms with van der Waals surface area (Å²) in [6.45, 7) is 1.65. The first-order chi connectivity index (χ1) is 8.41. The van der Waals surface area contributed by atoms with E-state index in [0.29, 0.717) is 10.7 Å². The average molecular weight is 285 g/mol. The molecule has 18 heavy (non-hydrogen) atoms. The summed E-state index contributed by atoms with van der Waals surface area (Å²) in [6, 6.07) is 4.56. The van der Waals surface area contributed by atoms with E-state index < -0.39 is 5.92 Å². The lowest BCUT2D eigenvalue weighted by Gasteiger charge is -2.10. The van der Waals surface area contributed by atoms with Crippen LogP contribution in [0.15, 0.2) is 23.3 Å². The number of halogens is 2. The van der Waals surface area contributed by atoms with Gasteiger partial charge in [-0.2, -0.15) is 5.10 Å². The van der Waals surface area contributed by atoms with Gasteiger partial charge in [-0.15, -0.1) is 0 Å². The van der Waals surface area contributed by atoms with E-state index in [-0.39, 0.29) is 22.3 Å². The number of hydrogen-bond donors (Lipinski definition) is 0. The third kappa shape index (κ3) is 2.13. The highest BCUT2D eigenvalue weighted by Gasteiger charge is 2.38. The first-order valence-corrected chi connectivity index (χ1v) is 5.99. The third-order valence-corrected chi connectivity index (χ3v) is 3.30. The van der Waals surface area contributed by atoms with Gasteiger partial charge in [0.25, 0.3) is 5.91 Å². The van der Waals surface area contributed by atoms with Crippen molar-refractivity contribution in [2.75, 3.05) is 7.05 Å². The molecule has 0 fully saturated rings. The number of nitrogens with zero attached hydrogens (tertiary/aromatic N) is 2. The molecule has 1 heterocycles. The molecule has 0 N–H and O–H groups in total. The highest BCUT2D eigenvalue weighted by atomic mass is 35.5. The second kappa shape index (κ2) is 4.71. The maximum atomic E-state index is 12.3. The Bertz CT molecular complexity index is 569. The molecule has 2 rings (SSSR count). The van der Waals surface area contributed by atoms with Gasteiger partial charge < -0.3 is 0 Å². The number of hydrazone groups is 1. The molecule has 6 heteroatoms. The van der Waals surface area contributed by atoms with Crippen LogP contribution in [0.4, 0.5) is 0 Å². The number of amides is 1. The fourth-order valence-electron chi connectivity index (χ4n) is 1.86. The van der Waals surface area contributed by atoms with Crippen LogP contribution in [0.25, 0.3) is 0 Å². The van der Waals surface area contributed by atoms with Crippen molar-refractivity contribution in [2.45, 2.75) is 6.92 Å². The maximum absolute atomic E-state index is 12.3. The Morgan fingerprint density at radius 1 is 1.39 bits per heavy atom. The van der Waals surface area contributed by atoms with Crippen LogP contribution in [0.1, 0.15) is 17.3 Å². The van der Waals surface area contributed by atoms with Gasteiger partial charge in [0.05, 0.1) is 10.7 Å². The minimum atomic E-state index is -0.881. The van der Waals surface area contributed by atoms with Crippen molar-refractivity contribution in [3.8, 4) is 0 Å². The smallest absolute Gasteiger partial charge is 0.259 e. The van der Waals surface area contributed by atoms with Gasteiger partial charge in [0.1, 0.15) is 5.92 Å². The van der Waals surface area contributed by atoms with Gasteiger partial charge in [0.2, 0.25) is 0 Å². The number of carbonyl (C=O) groups is 2. The molecule has 0 radical (unpaired) electrons. The highest BCUT2D eigenvalue weighted by molar-refractivity contribution is 6.38. The summed E-state index contributed by atoms with van der Waals surface area (Å²) in [4.78, 5) is 24.1. The Labute approximate surface area is 114 Å². The monoisotopic (exact) mass is 284 g/mol. The molecule has 0 aliphatic carbocycles. The van der Waals surface area contributed by atoms with E-state index >= 15 is 0 Å². The van der Waals surface area contributed by atoms with Crippen molar-refractivity contribution in [3.05, 3.63) is 33.8 Å². The molecule has 0 bridgehead atoms. The summed E-state index contributed by atoms with van der Waals surface area (Å²) in [6.07, 6.45) is 0. The molecule has 1 aromatic carbocycles. The second-order valence-electron chi connectivity index (χ2n) is 4.02. The van der Waals surface area contributed by atoms with Crippen molar-refractivity contribution in [1.29, 1.82) is 0 Å². The van der Waals surface area contributed by atoms with Crippen LogP contribution < -0.4 is 0 Å². The van der Waals surface area contributed by atoms with Crippen LogP contribution in [0.2, 0.25) is 10.0 Å². The van der Waals surface area contributed by atoms with Crippen molar-refractivity contribution in [2.24, 2.45) is 11.0 Å². The van der Waals surface area contributed by atoms with Crippen molar-refractivity contribution in [3.63, 3.8) is 0 Å². The standard InChI is InChI=1S/C12H10Cl2N2O2/c1-6-10(12(18)16(2)15-6)11(17)8-4-3-7(13)5-9(8)14/h3-5,10H,1-2H3. The van der Waals surface area contributed by atoms with Crippen molar-refractivity contribution in [1.82, 2.24) is 5.01 Å². The number of hydrogen-bond acceptors (Lipinski definition) is 3. The summed E-state index contributed by atoms with van der Waals surface area (Å²) in [5, 5.41) is 5.80. The average Bonchev–Trinajstić information content (AvgIpc) is 2.52. The van der Waals surface area contributed by atoms with E-state index in [2.05, 4.69) is 5.10 Å². The Balaban J connectivity index is 2.38. The predicted octanol–water partition coefficient (Wildman–Crippen LogP) is 2.64. The zero-order chi connectivity index (χ0) is 13.4. The van der Waals surface area contributed by atoms with Gasteiger partial charge in [-0.25, -0.2) is 5.01 Å². The topological polar surface area (TPSA) is 49.7 Å². The van der Waals surface area contributed by atoms with Crippen molar-refractivity contribution < 1.29 is 9.59 Å². The SMILES string of the molecule is CC1=NN(C)C(=O)C1C(=O)c1ccc(Cl)cc1Cl. The van der Waals surface area contributed by atoms with Crippen LogP contribution in [0, 0.1) is 5.92 Å². The Morgan fingerprint density at radius 3 is 2.56 bits per heavy atom. The van der Waals surface area contributed by atoms with Gasteiger partial charge in [0.15, 0.2) is 5.78 Å². The van der Waals surface area contributed by atoms with E-state index in [0.717, 1.165) is 0 Å². The van der Waals surface area contributed by atoms with Gasteiger partial charge in [-0.3, -0.25) is 9.59 Å². The molecule has 0 spiro atoms. The Kier molecular flexibility index (Phi) is 3.41.